The van der Waals surface area contributed by atoms with Crippen molar-refractivity contribution in [3.8, 4) is 0 Å². The molecule has 0 unspecified atom stereocenters. The SMILES string of the molecule is CNC(=O)C1(N2C[C@@]3(CCN(c4cncc5ccccc45)C3=O)c3cc(Cl)ccc3C2=O)CC1. The van der Waals surface area contributed by atoms with Gasteiger partial charge in [-0.15, -0.1) is 0 Å². The largest absolute Gasteiger partial charge is 0.357 e. The van der Waals surface area contributed by atoms with Gasteiger partial charge in [-0.3, -0.25) is 19.4 Å². The molecule has 3 amide bonds. The molecule has 3 heterocycles. The Hall–Kier alpha value is -3.45. The van der Waals surface area contributed by atoms with Gasteiger partial charge in [0.1, 0.15) is 5.54 Å². The third-order valence-corrected chi connectivity index (χ3v) is 7.88. The van der Waals surface area contributed by atoms with E-state index in [9.17, 15) is 14.4 Å². The number of carbonyl (C=O) groups is 3. The molecule has 6 rings (SSSR count). The van der Waals surface area contributed by atoms with Gasteiger partial charge in [-0.2, -0.15) is 0 Å². The Morgan fingerprint density at radius 3 is 2.65 bits per heavy atom. The fourth-order valence-corrected chi connectivity index (χ4v) is 5.87. The fourth-order valence-electron chi connectivity index (χ4n) is 5.70. The van der Waals surface area contributed by atoms with Gasteiger partial charge in [-0.1, -0.05) is 35.9 Å². The fraction of sp³-hybridized carbons (Fsp3) is 0.308. The van der Waals surface area contributed by atoms with Crippen molar-refractivity contribution in [3.05, 3.63) is 71.0 Å². The minimum Gasteiger partial charge on any atom is -0.357 e. The van der Waals surface area contributed by atoms with E-state index in [4.69, 9.17) is 11.6 Å². The van der Waals surface area contributed by atoms with E-state index < -0.39 is 11.0 Å². The second kappa shape index (κ2) is 7.27. The number of fused-ring (bicyclic) bond motifs is 3. The molecule has 1 saturated carbocycles. The number of aromatic nitrogens is 1. The summed E-state index contributed by atoms with van der Waals surface area (Å²) in [4.78, 5) is 48.4. The summed E-state index contributed by atoms with van der Waals surface area (Å²) in [6.45, 7) is 0.635. The number of pyridine rings is 1. The Morgan fingerprint density at radius 2 is 1.88 bits per heavy atom. The topological polar surface area (TPSA) is 82.6 Å². The van der Waals surface area contributed by atoms with Gasteiger partial charge in [0.2, 0.25) is 11.8 Å². The molecule has 2 aliphatic heterocycles. The summed E-state index contributed by atoms with van der Waals surface area (Å²) >= 11 is 6.35. The van der Waals surface area contributed by atoms with Crippen molar-refractivity contribution in [1.29, 1.82) is 0 Å². The van der Waals surface area contributed by atoms with Gasteiger partial charge < -0.3 is 15.1 Å². The zero-order valence-electron chi connectivity index (χ0n) is 18.7. The smallest absolute Gasteiger partial charge is 0.255 e. The molecule has 1 spiro atoms. The van der Waals surface area contributed by atoms with E-state index in [0.717, 1.165) is 16.5 Å². The molecule has 7 nitrogen and oxygen atoms in total. The average molecular weight is 475 g/mol. The summed E-state index contributed by atoms with van der Waals surface area (Å²) in [5.41, 5.74) is -0.0364. The van der Waals surface area contributed by atoms with Crippen LogP contribution in [0.15, 0.2) is 54.9 Å². The maximum Gasteiger partial charge on any atom is 0.255 e. The second-order valence-corrected chi connectivity index (χ2v) is 9.80. The van der Waals surface area contributed by atoms with Crippen LogP contribution >= 0.6 is 11.6 Å². The number of likely N-dealkylation sites (N-methyl/N-ethyl adjacent to an activating group) is 1. The van der Waals surface area contributed by atoms with E-state index in [1.165, 1.54) is 0 Å². The van der Waals surface area contributed by atoms with Crippen LogP contribution in [0.25, 0.3) is 10.8 Å². The Labute approximate surface area is 201 Å². The summed E-state index contributed by atoms with van der Waals surface area (Å²) in [5, 5.41) is 5.08. The lowest BCUT2D eigenvalue weighted by Crippen LogP contribution is -2.60. The maximum absolute atomic E-state index is 14.3. The Bertz CT molecular complexity index is 1380. The van der Waals surface area contributed by atoms with Gasteiger partial charge in [0, 0.05) is 47.7 Å². The number of nitrogens with zero attached hydrogens (tertiary/aromatic N) is 3. The van der Waals surface area contributed by atoms with Gasteiger partial charge >= 0.3 is 0 Å². The molecule has 1 aromatic heterocycles. The van der Waals surface area contributed by atoms with Crippen molar-refractivity contribution in [2.75, 3.05) is 25.0 Å². The minimum atomic E-state index is -0.977. The first-order valence-corrected chi connectivity index (χ1v) is 11.8. The number of rotatable bonds is 3. The number of nitrogens with one attached hydrogen (secondary N) is 1. The number of hydrogen-bond donors (Lipinski definition) is 1. The molecule has 8 heteroatoms. The monoisotopic (exact) mass is 474 g/mol. The number of halogens is 1. The molecule has 34 heavy (non-hydrogen) atoms. The van der Waals surface area contributed by atoms with Crippen LogP contribution in [0, 0.1) is 0 Å². The summed E-state index contributed by atoms with van der Waals surface area (Å²) in [5.74, 6) is -0.509. The third kappa shape index (κ3) is 2.76. The Kier molecular flexibility index (Phi) is 4.51. The van der Waals surface area contributed by atoms with Crippen molar-refractivity contribution < 1.29 is 14.4 Å². The molecule has 1 atom stereocenters. The maximum atomic E-state index is 14.3. The first-order valence-electron chi connectivity index (χ1n) is 11.4. The molecule has 0 radical (unpaired) electrons. The van der Waals surface area contributed by atoms with Crippen LogP contribution < -0.4 is 10.2 Å². The lowest BCUT2D eigenvalue weighted by Gasteiger charge is -2.43. The highest BCUT2D eigenvalue weighted by Gasteiger charge is 2.63. The predicted octanol–water partition coefficient (Wildman–Crippen LogP) is 3.30. The molecule has 2 fully saturated rings. The highest BCUT2D eigenvalue weighted by molar-refractivity contribution is 6.31. The van der Waals surface area contributed by atoms with Gasteiger partial charge in [0.25, 0.3) is 5.91 Å². The van der Waals surface area contributed by atoms with E-state index >= 15 is 0 Å². The number of hydrogen-bond acceptors (Lipinski definition) is 4. The zero-order valence-corrected chi connectivity index (χ0v) is 19.4. The summed E-state index contributed by atoms with van der Waals surface area (Å²) in [6, 6.07) is 12.9. The molecule has 172 valence electrons. The molecule has 2 aromatic carbocycles. The molecule has 0 bridgehead atoms. The Morgan fingerprint density at radius 1 is 1.09 bits per heavy atom. The molecular weight excluding hydrogens is 452 g/mol. The van der Waals surface area contributed by atoms with Gasteiger partial charge in [0.05, 0.1) is 17.3 Å². The van der Waals surface area contributed by atoms with Gasteiger partial charge in [-0.25, -0.2) is 0 Å². The lowest BCUT2D eigenvalue weighted by molar-refractivity contribution is -0.129. The van der Waals surface area contributed by atoms with E-state index in [0.29, 0.717) is 42.0 Å². The third-order valence-electron chi connectivity index (χ3n) is 7.65. The van der Waals surface area contributed by atoms with Crippen LogP contribution in [0.3, 0.4) is 0 Å². The molecule has 3 aliphatic rings. The van der Waals surface area contributed by atoms with Crippen molar-refractivity contribution in [1.82, 2.24) is 15.2 Å². The van der Waals surface area contributed by atoms with Crippen LogP contribution in [-0.2, 0) is 15.0 Å². The van der Waals surface area contributed by atoms with Crippen LogP contribution in [0.5, 0.6) is 0 Å². The second-order valence-electron chi connectivity index (χ2n) is 9.36. The summed E-state index contributed by atoms with van der Waals surface area (Å²) < 4.78 is 0. The summed E-state index contributed by atoms with van der Waals surface area (Å²) in [7, 11) is 1.58. The molecule has 1 saturated heterocycles. The quantitative estimate of drug-likeness (QED) is 0.631. The van der Waals surface area contributed by atoms with Crippen molar-refractivity contribution in [3.63, 3.8) is 0 Å². The number of amides is 3. The number of benzene rings is 2. The molecular formula is C26H23ClN4O3. The van der Waals surface area contributed by atoms with Gasteiger partial charge in [-0.05, 0) is 43.0 Å². The van der Waals surface area contributed by atoms with Crippen LogP contribution in [0.4, 0.5) is 5.69 Å². The molecule has 3 aromatic rings. The highest BCUT2D eigenvalue weighted by Crippen LogP contribution is 2.51. The van der Waals surface area contributed by atoms with Crippen LogP contribution in [-0.4, -0.2) is 53.3 Å². The first-order chi connectivity index (χ1) is 16.4. The average Bonchev–Trinajstić information content (AvgIpc) is 3.60. The Balaban J connectivity index is 1.49. The van der Waals surface area contributed by atoms with Crippen molar-refractivity contribution in [2.24, 2.45) is 0 Å². The van der Waals surface area contributed by atoms with Gasteiger partial charge in [0.15, 0.2) is 0 Å². The zero-order chi connectivity index (χ0) is 23.7. The molecule has 1 N–H and O–H groups in total. The van der Waals surface area contributed by atoms with Crippen molar-refractivity contribution in [2.45, 2.75) is 30.2 Å². The predicted molar refractivity (Wildman–Crippen MR) is 129 cm³/mol. The van der Waals surface area contributed by atoms with Crippen molar-refractivity contribution >= 4 is 45.8 Å². The normalized spacial score (nSPS) is 22.9. The minimum absolute atomic E-state index is 0.0978. The standard InChI is InChI=1S/C26H23ClN4O3/c1-28-23(33)26(8-9-26)31-15-25(20-12-17(27)6-7-19(20)22(31)32)10-11-30(24(25)34)21-14-29-13-16-4-2-3-5-18(16)21/h2-7,12-14H,8-11,15H2,1H3,(H,28,33)/t25-/m0/s1. The van der Waals surface area contributed by atoms with E-state index in [1.807, 2.05) is 24.3 Å². The van der Waals surface area contributed by atoms with Crippen LogP contribution in [0.2, 0.25) is 5.02 Å². The highest BCUT2D eigenvalue weighted by atomic mass is 35.5. The number of carbonyl (C=O) groups excluding carboxylic acids is 3. The summed E-state index contributed by atoms with van der Waals surface area (Å²) in [6.07, 6.45) is 5.18. The van der Waals surface area contributed by atoms with Crippen LogP contribution in [0.1, 0.15) is 35.2 Å². The lowest BCUT2D eigenvalue weighted by atomic mass is 9.73. The van der Waals surface area contributed by atoms with E-state index in [1.54, 1.807) is 47.4 Å². The molecule has 1 aliphatic carbocycles. The first kappa shape index (κ1) is 21.1. The van der Waals surface area contributed by atoms with E-state index in [2.05, 4.69) is 10.3 Å². The van der Waals surface area contributed by atoms with E-state index in [-0.39, 0.29) is 24.3 Å². The number of anilines is 1.